The molecular formula is C13H24O2. The maximum Gasteiger partial charge on any atom is 0.164 e. The molecule has 0 aromatic carbocycles. The number of carbonyl (C=O) groups excluding carboxylic acids is 1. The largest absolute Gasteiger partial charge is 0.370 e. The van der Waals surface area contributed by atoms with Gasteiger partial charge >= 0.3 is 0 Å². The second kappa shape index (κ2) is 4.65. The maximum absolute atomic E-state index is 12.1. The third-order valence-electron chi connectivity index (χ3n) is 3.41. The minimum atomic E-state index is -0.425. The van der Waals surface area contributed by atoms with E-state index >= 15 is 0 Å². The number of ketones is 1. The average molecular weight is 212 g/mol. The zero-order valence-corrected chi connectivity index (χ0v) is 10.6. The monoisotopic (exact) mass is 212 g/mol. The summed E-state index contributed by atoms with van der Waals surface area (Å²) in [6.07, 6.45) is 5.73. The molecule has 1 saturated carbocycles. The molecule has 1 aliphatic rings. The van der Waals surface area contributed by atoms with Gasteiger partial charge < -0.3 is 4.74 Å². The highest BCUT2D eigenvalue weighted by molar-refractivity contribution is 5.87. The first kappa shape index (κ1) is 12.7. The van der Waals surface area contributed by atoms with E-state index in [9.17, 15) is 4.79 Å². The SMILES string of the molecule is COC1(C(=O)CCC(C)(C)C)CCCC1. The van der Waals surface area contributed by atoms with E-state index in [-0.39, 0.29) is 5.41 Å². The smallest absolute Gasteiger partial charge is 0.164 e. The van der Waals surface area contributed by atoms with Gasteiger partial charge in [-0.2, -0.15) is 0 Å². The maximum atomic E-state index is 12.1. The van der Waals surface area contributed by atoms with Crippen molar-refractivity contribution in [3.8, 4) is 0 Å². The lowest BCUT2D eigenvalue weighted by atomic mass is 9.85. The lowest BCUT2D eigenvalue weighted by molar-refractivity contribution is -0.140. The van der Waals surface area contributed by atoms with Crippen LogP contribution >= 0.6 is 0 Å². The fourth-order valence-electron chi connectivity index (χ4n) is 2.26. The highest BCUT2D eigenvalue weighted by Gasteiger charge is 2.40. The standard InChI is InChI=1S/C13H24O2/c1-12(2,3)10-7-11(14)13(15-4)8-5-6-9-13/h5-10H2,1-4H3. The molecule has 0 aromatic rings. The molecule has 0 aliphatic heterocycles. The van der Waals surface area contributed by atoms with E-state index in [0.717, 1.165) is 32.1 Å². The first-order chi connectivity index (χ1) is 6.90. The van der Waals surface area contributed by atoms with Crippen LogP contribution < -0.4 is 0 Å². The van der Waals surface area contributed by atoms with Crippen molar-refractivity contribution < 1.29 is 9.53 Å². The summed E-state index contributed by atoms with van der Waals surface area (Å²) in [4.78, 5) is 12.1. The second-order valence-corrected chi connectivity index (χ2v) is 5.89. The van der Waals surface area contributed by atoms with Gasteiger partial charge in [0.2, 0.25) is 0 Å². The van der Waals surface area contributed by atoms with Crippen LogP contribution in [0.2, 0.25) is 0 Å². The van der Waals surface area contributed by atoms with Gasteiger partial charge in [0.05, 0.1) is 0 Å². The Morgan fingerprint density at radius 2 is 1.80 bits per heavy atom. The van der Waals surface area contributed by atoms with Crippen molar-refractivity contribution in [2.24, 2.45) is 5.41 Å². The van der Waals surface area contributed by atoms with Gasteiger partial charge in [-0.25, -0.2) is 0 Å². The molecule has 1 rings (SSSR count). The van der Waals surface area contributed by atoms with Gasteiger partial charge in [-0.05, 0) is 37.5 Å². The van der Waals surface area contributed by atoms with Gasteiger partial charge in [-0.1, -0.05) is 20.8 Å². The van der Waals surface area contributed by atoms with Crippen LogP contribution in [0.4, 0.5) is 0 Å². The summed E-state index contributed by atoms with van der Waals surface area (Å²) in [5.41, 5.74) is -0.186. The normalized spacial score (nSPS) is 20.5. The summed E-state index contributed by atoms with van der Waals surface area (Å²) in [5.74, 6) is 0.317. The number of carbonyl (C=O) groups is 1. The van der Waals surface area contributed by atoms with E-state index in [4.69, 9.17) is 4.74 Å². The van der Waals surface area contributed by atoms with Crippen molar-refractivity contribution in [2.45, 2.75) is 64.9 Å². The number of hydrogen-bond donors (Lipinski definition) is 0. The fourth-order valence-corrected chi connectivity index (χ4v) is 2.26. The van der Waals surface area contributed by atoms with Crippen LogP contribution in [0.25, 0.3) is 0 Å². The van der Waals surface area contributed by atoms with Gasteiger partial charge in [0.15, 0.2) is 5.78 Å². The Morgan fingerprint density at radius 1 is 1.27 bits per heavy atom. The van der Waals surface area contributed by atoms with E-state index in [1.807, 2.05) is 0 Å². The van der Waals surface area contributed by atoms with Gasteiger partial charge in [0.1, 0.15) is 5.60 Å². The fraction of sp³-hybridized carbons (Fsp3) is 0.923. The summed E-state index contributed by atoms with van der Waals surface area (Å²) < 4.78 is 5.48. The molecule has 0 heterocycles. The number of Topliss-reactive ketones (excluding diaryl/α,β-unsaturated/α-hetero) is 1. The summed E-state index contributed by atoms with van der Waals surface area (Å²) in [6.45, 7) is 6.53. The molecule has 1 fully saturated rings. The average Bonchev–Trinajstić information content (AvgIpc) is 2.62. The minimum Gasteiger partial charge on any atom is -0.370 e. The van der Waals surface area contributed by atoms with Crippen LogP contribution in [0.3, 0.4) is 0 Å². The number of rotatable bonds is 4. The van der Waals surface area contributed by atoms with Crippen LogP contribution in [0, 0.1) is 5.41 Å². The Bertz CT molecular complexity index is 219. The molecule has 88 valence electrons. The Balaban J connectivity index is 2.51. The number of hydrogen-bond acceptors (Lipinski definition) is 2. The lowest BCUT2D eigenvalue weighted by Gasteiger charge is -2.27. The highest BCUT2D eigenvalue weighted by atomic mass is 16.5. The van der Waals surface area contributed by atoms with Crippen LogP contribution in [0.1, 0.15) is 59.3 Å². The van der Waals surface area contributed by atoms with Crippen LogP contribution in [0.5, 0.6) is 0 Å². The Labute approximate surface area is 93.4 Å². The highest BCUT2D eigenvalue weighted by Crippen LogP contribution is 2.35. The molecule has 0 spiro atoms. The number of ether oxygens (including phenoxy) is 1. The van der Waals surface area contributed by atoms with Crippen LogP contribution in [0.15, 0.2) is 0 Å². The second-order valence-electron chi connectivity index (χ2n) is 5.89. The molecule has 2 nitrogen and oxygen atoms in total. The first-order valence-electron chi connectivity index (χ1n) is 5.98. The molecule has 0 amide bonds. The molecule has 15 heavy (non-hydrogen) atoms. The predicted molar refractivity (Wildman–Crippen MR) is 61.9 cm³/mol. The Morgan fingerprint density at radius 3 is 2.20 bits per heavy atom. The molecule has 1 aliphatic carbocycles. The van der Waals surface area contributed by atoms with Crippen LogP contribution in [-0.4, -0.2) is 18.5 Å². The van der Waals surface area contributed by atoms with Crippen molar-refractivity contribution in [2.75, 3.05) is 7.11 Å². The first-order valence-corrected chi connectivity index (χ1v) is 5.98. The van der Waals surface area contributed by atoms with Crippen molar-refractivity contribution in [1.82, 2.24) is 0 Å². The zero-order valence-electron chi connectivity index (χ0n) is 10.6. The molecule has 0 N–H and O–H groups in total. The molecule has 2 heteroatoms. The summed E-state index contributed by atoms with van der Waals surface area (Å²) in [7, 11) is 1.68. The lowest BCUT2D eigenvalue weighted by Crippen LogP contribution is -2.38. The van der Waals surface area contributed by atoms with Crippen molar-refractivity contribution in [3.05, 3.63) is 0 Å². The quantitative estimate of drug-likeness (QED) is 0.714. The Hall–Kier alpha value is -0.370. The van der Waals surface area contributed by atoms with Gasteiger partial charge in [0.25, 0.3) is 0 Å². The van der Waals surface area contributed by atoms with Gasteiger partial charge in [-0.3, -0.25) is 4.79 Å². The third-order valence-corrected chi connectivity index (χ3v) is 3.41. The molecule has 0 bridgehead atoms. The minimum absolute atomic E-state index is 0.239. The van der Waals surface area contributed by atoms with Gasteiger partial charge in [0, 0.05) is 13.5 Å². The summed E-state index contributed by atoms with van der Waals surface area (Å²) in [5, 5.41) is 0. The van der Waals surface area contributed by atoms with Crippen molar-refractivity contribution >= 4 is 5.78 Å². The third kappa shape index (κ3) is 3.30. The molecular weight excluding hydrogens is 188 g/mol. The van der Waals surface area contributed by atoms with E-state index < -0.39 is 5.60 Å². The molecule has 0 aromatic heterocycles. The molecule has 0 atom stereocenters. The topological polar surface area (TPSA) is 26.3 Å². The summed E-state index contributed by atoms with van der Waals surface area (Å²) in [6, 6.07) is 0. The van der Waals surface area contributed by atoms with E-state index in [0.29, 0.717) is 12.2 Å². The predicted octanol–water partition coefficient (Wildman–Crippen LogP) is 3.34. The van der Waals surface area contributed by atoms with Gasteiger partial charge in [-0.15, -0.1) is 0 Å². The molecule has 0 radical (unpaired) electrons. The van der Waals surface area contributed by atoms with E-state index in [1.54, 1.807) is 7.11 Å². The molecule has 0 unspecified atom stereocenters. The summed E-state index contributed by atoms with van der Waals surface area (Å²) >= 11 is 0. The van der Waals surface area contributed by atoms with E-state index in [2.05, 4.69) is 20.8 Å². The zero-order chi connectivity index (χ0) is 11.5. The van der Waals surface area contributed by atoms with Crippen molar-refractivity contribution in [1.29, 1.82) is 0 Å². The van der Waals surface area contributed by atoms with Crippen LogP contribution in [-0.2, 0) is 9.53 Å². The Kier molecular flexibility index (Phi) is 3.93. The number of methoxy groups -OCH3 is 1. The molecule has 0 saturated heterocycles. The van der Waals surface area contributed by atoms with E-state index in [1.165, 1.54) is 0 Å². The van der Waals surface area contributed by atoms with Crippen molar-refractivity contribution in [3.63, 3.8) is 0 Å².